The van der Waals surface area contributed by atoms with Crippen molar-refractivity contribution in [3.05, 3.63) is 23.3 Å². The Balaban J connectivity index is 1.49. The van der Waals surface area contributed by atoms with Crippen molar-refractivity contribution in [2.45, 2.75) is 61.4 Å². The standard InChI is InChI=1S/C22H25NO5/c1-26-14-5-4-12-8-15-22-9-13(20(25)28-22)17(24)19-21(22,16(12)18(14)27-19)6-7-23(15)10-11-2-3-11/h4-5,11,13,15,17,19,24H,2-3,6-10H2,1H3/t13-,15-,17+,19+,21+,22-/m1/s1. The lowest BCUT2D eigenvalue weighted by Gasteiger charge is -2.62. The van der Waals surface area contributed by atoms with Crippen LogP contribution in [0.2, 0.25) is 0 Å². The van der Waals surface area contributed by atoms with E-state index in [1.807, 2.05) is 6.07 Å². The van der Waals surface area contributed by atoms with Gasteiger partial charge in [-0.3, -0.25) is 9.69 Å². The maximum atomic E-state index is 12.8. The number of hydrogen-bond donors (Lipinski definition) is 1. The first kappa shape index (κ1) is 16.1. The predicted molar refractivity (Wildman–Crippen MR) is 98.4 cm³/mol. The molecule has 3 aliphatic heterocycles. The second-order valence-electron chi connectivity index (χ2n) is 9.66. The van der Waals surface area contributed by atoms with Gasteiger partial charge in [0.2, 0.25) is 0 Å². The number of piperidine rings is 1. The van der Waals surface area contributed by atoms with Crippen LogP contribution in [0.25, 0.3) is 0 Å². The van der Waals surface area contributed by atoms with Gasteiger partial charge < -0.3 is 19.3 Å². The molecule has 6 aliphatic rings. The third kappa shape index (κ3) is 1.57. The molecule has 0 unspecified atom stereocenters. The van der Waals surface area contributed by atoms with E-state index in [4.69, 9.17) is 14.2 Å². The summed E-state index contributed by atoms with van der Waals surface area (Å²) in [5.41, 5.74) is 1.36. The summed E-state index contributed by atoms with van der Waals surface area (Å²) >= 11 is 0. The fourth-order valence-electron chi connectivity index (χ4n) is 7.28. The number of benzene rings is 1. The molecule has 0 radical (unpaired) electrons. The Morgan fingerprint density at radius 3 is 3.00 bits per heavy atom. The van der Waals surface area contributed by atoms with Gasteiger partial charge in [0, 0.05) is 18.5 Å². The smallest absolute Gasteiger partial charge is 0.312 e. The molecule has 6 heteroatoms. The van der Waals surface area contributed by atoms with Crippen molar-refractivity contribution in [1.29, 1.82) is 0 Å². The molecule has 28 heavy (non-hydrogen) atoms. The molecule has 7 rings (SSSR count). The molecule has 2 spiro atoms. The van der Waals surface area contributed by atoms with Gasteiger partial charge in [-0.25, -0.2) is 0 Å². The van der Waals surface area contributed by atoms with Crippen LogP contribution in [0, 0.1) is 11.8 Å². The highest BCUT2D eigenvalue weighted by Crippen LogP contribution is 2.69. The quantitative estimate of drug-likeness (QED) is 0.796. The maximum Gasteiger partial charge on any atom is 0.312 e. The highest BCUT2D eigenvalue weighted by Gasteiger charge is 2.80. The van der Waals surface area contributed by atoms with Crippen LogP contribution in [0.4, 0.5) is 0 Å². The van der Waals surface area contributed by atoms with E-state index in [1.165, 1.54) is 18.4 Å². The first-order valence-electron chi connectivity index (χ1n) is 10.6. The first-order valence-corrected chi connectivity index (χ1v) is 10.6. The number of likely N-dealkylation sites (tertiary alicyclic amines) is 1. The van der Waals surface area contributed by atoms with Crippen molar-refractivity contribution >= 4 is 5.97 Å². The Hall–Kier alpha value is -1.79. The van der Waals surface area contributed by atoms with E-state index in [0.29, 0.717) is 12.2 Å². The number of ether oxygens (including phenoxy) is 3. The lowest BCUT2D eigenvalue weighted by atomic mass is 9.48. The van der Waals surface area contributed by atoms with E-state index >= 15 is 0 Å². The van der Waals surface area contributed by atoms with Gasteiger partial charge in [-0.2, -0.15) is 0 Å². The highest BCUT2D eigenvalue weighted by molar-refractivity contribution is 5.80. The minimum Gasteiger partial charge on any atom is -0.493 e. The van der Waals surface area contributed by atoms with E-state index in [-0.39, 0.29) is 12.0 Å². The zero-order valence-corrected chi connectivity index (χ0v) is 16.0. The molecule has 4 bridgehead atoms. The zero-order valence-electron chi connectivity index (χ0n) is 16.0. The molecular formula is C22H25NO5. The van der Waals surface area contributed by atoms with Gasteiger partial charge >= 0.3 is 5.97 Å². The zero-order chi connectivity index (χ0) is 18.8. The number of hydrogen-bond acceptors (Lipinski definition) is 6. The van der Waals surface area contributed by atoms with Gasteiger partial charge in [0.25, 0.3) is 0 Å². The SMILES string of the molecule is COc1ccc2c3c1O[C@H]1[C@@H](O)[C@H]4C[C@@]5(OC4=O)[C@@H](C2)N(CC2CC2)CC[C@]315. The minimum atomic E-state index is -0.832. The lowest BCUT2D eigenvalue weighted by molar-refractivity contribution is -0.195. The second kappa shape index (κ2) is 4.85. The third-order valence-corrected chi connectivity index (χ3v) is 8.57. The van der Waals surface area contributed by atoms with Crippen LogP contribution in [0.15, 0.2) is 12.1 Å². The van der Waals surface area contributed by atoms with Gasteiger partial charge in [0.1, 0.15) is 17.8 Å². The fraction of sp³-hybridized carbons (Fsp3) is 0.682. The number of methoxy groups -OCH3 is 1. The molecule has 148 valence electrons. The average Bonchev–Trinajstić information content (AvgIpc) is 3.35. The van der Waals surface area contributed by atoms with Crippen molar-refractivity contribution in [3.8, 4) is 11.5 Å². The molecule has 4 fully saturated rings. The summed E-state index contributed by atoms with van der Waals surface area (Å²) in [5, 5.41) is 11.1. The Kier molecular flexibility index (Phi) is 2.78. The van der Waals surface area contributed by atoms with Crippen LogP contribution in [-0.4, -0.2) is 60.0 Å². The highest BCUT2D eigenvalue weighted by atomic mass is 16.6. The third-order valence-electron chi connectivity index (χ3n) is 8.57. The van der Waals surface area contributed by atoms with Crippen LogP contribution in [-0.2, 0) is 21.4 Å². The first-order chi connectivity index (χ1) is 13.6. The molecule has 6 atom stereocenters. The number of carbonyl (C=O) groups is 1. The van der Waals surface area contributed by atoms with Gasteiger partial charge in [-0.05, 0) is 49.8 Å². The number of aliphatic hydroxyl groups excluding tert-OH is 1. The van der Waals surface area contributed by atoms with Crippen molar-refractivity contribution in [1.82, 2.24) is 4.90 Å². The topological polar surface area (TPSA) is 68.2 Å². The van der Waals surface area contributed by atoms with Gasteiger partial charge in [-0.1, -0.05) is 6.07 Å². The Morgan fingerprint density at radius 2 is 2.21 bits per heavy atom. The van der Waals surface area contributed by atoms with Crippen LogP contribution in [0.1, 0.15) is 36.8 Å². The molecule has 0 amide bonds. The molecule has 1 aromatic carbocycles. The Morgan fingerprint density at radius 1 is 1.36 bits per heavy atom. The molecule has 3 aliphatic carbocycles. The van der Waals surface area contributed by atoms with Crippen LogP contribution >= 0.6 is 0 Å². The van der Waals surface area contributed by atoms with Crippen LogP contribution in [0.5, 0.6) is 11.5 Å². The van der Waals surface area contributed by atoms with E-state index in [0.717, 1.165) is 43.2 Å². The van der Waals surface area contributed by atoms with Gasteiger partial charge in [-0.15, -0.1) is 0 Å². The summed E-state index contributed by atoms with van der Waals surface area (Å²) in [7, 11) is 1.66. The van der Waals surface area contributed by atoms with E-state index in [1.54, 1.807) is 7.11 Å². The number of aliphatic hydroxyl groups is 1. The lowest BCUT2D eigenvalue weighted by Crippen LogP contribution is -2.76. The number of esters is 1. The summed E-state index contributed by atoms with van der Waals surface area (Å²) < 4.78 is 18.4. The summed E-state index contributed by atoms with van der Waals surface area (Å²) in [6, 6.07) is 4.31. The molecule has 1 aromatic rings. The van der Waals surface area contributed by atoms with Crippen LogP contribution in [0.3, 0.4) is 0 Å². The predicted octanol–water partition coefficient (Wildman–Crippen LogP) is 1.41. The maximum absolute atomic E-state index is 12.8. The van der Waals surface area contributed by atoms with E-state index in [2.05, 4.69) is 11.0 Å². The average molecular weight is 383 g/mol. The molecule has 1 N–H and O–H groups in total. The largest absolute Gasteiger partial charge is 0.493 e. The second-order valence-corrected chi connectivity index (χ2v) is 9.66. The number of carbonyl (C=O) groups excluding carboxylic acids is 1. The normalized spacial score (nSPS) is 44.7. The summed E-state index contributed by atoms with van der Waals surface area (Å²) in [6.45, 7) is 2.06. The number of rotatable bonds is 3. The van der Waals surface area contributed by atoms with Gasteiger partial charge in [0.05, 0.1) is 24.5 Å². The molecule has 6 nitrogen and oxygen atoms in total. The van der Waals surface area contributed by atoms with Crippen molar-refractivity contribution in [2.75, 3.05) is 20.2 Å². The molecule has 3 heterocycles. The number of nitrogens with zero attached hydrogens (tertiary/aromatic N) is 1. The van der Waals surface area contributed by atoms with Crippen molar-refractivity contribution < 1.29 is 24.1 Å². The van der Waals surface area contributed by atoms with E-state index in [9.17, 15) is 9.90 Å². The molecular weight excluding hydrogens is 358 g/mol. The fourth-order valence-corrected chi connectivity index (χ4v) is 7.28. The Bertz CT molecular complexity index is 912. The molecule has 0 aromatic heterocycles. The monoisotopic (exact) mass is 383 g/mol. The Labute approximate surface area is 163 Å². The summed E-state index contributed by atoms with van der Waals surface area (Å²) in [4.78, 5) is 15.4. The molecule has 2 saturated carbocycles. The van der Waals surface area contributed by atoms with E-state index < -0.39 is 29.1 Å². The summed E-state index contributed by atoms with van der Waals surface area (Å²) in [6.07, 6.45) is 3.68. The number of fused-ring (bicyclic) bond motifs is 1. The minimum absolute atomic E-state index is 0.168. The molecule has 2 saturated heterocycles. The van der Waals surface area contributed by atoms with Crippen molar-refractivity contribution in [2.24, 2.45) is 11.8 Å². The summed E-state index contributed by atoms with van der Waals surface area (Å²) in [5.74, 6) is 1.54. The van der Waals surface area contributed by atoms with Crippen LogP contribution < -0.4 is 9.47 Å². The van der Waals surface area contributed by atoms with Crippen molar-refractivity contribution in [3.63, 3.8) is 0 Å². The van der Waals surface area contributed by atoms with Gasteiger partial charge in [0.15, 0.2) is 11.5 Å².